The number of hydrogen-bond acceptors (Lipinski definition) is 5. The molecule has 0 unspecified atom stereocenters. The number of nitrogens with zero attached hydrogens (tertiary/aromatic N) is 2. The lowest BCUT2D eigenvalue weighted by Gasteiger charge is -2.20. The van der Waals surface area contributed by atoms with Crippen LogP contribution in [0.2, 0.25) is 0 Å². The smallest absolute Gasteiger partial charge is 0.189 e. The van der Waals surface area contributed by atoms with E-state index in [0.29, 0.717) is 25.5 Å². The van der Waals surface area contributed by atoms with Gasteiger partial charge < -0.3 is 18.8 Å². The molecule has 2 aromatic carbocycles. The number of methoxy groups -OCH3 is 1. The van der Waals surface area contributed by atoms with Crippen LogP contribution in [0.5, 0.6) is 5.75 Å². The van der Waals surface area contributed by atoms with Gasteiger partial charge in [-0.2, -0.15) is 0 Å². The quantitative estimate of drug-likeness (QED) is 0.611. The summed E-state index contributed by atoms with van der Waals surface area (Å²) in [5.74, 6) is 1.02. The number of ether oxygens (including phenoxy) is 3. The average molecular weight is 374 g/mol. The van der Waals surface area contributed by atoms with Gasteiger partial charge in [0.1, 0.15) is 11.6 Å². The number of halogens is 1. The molecule has 0 fully saturated rings. The third-order valence-electron chi connectivity index (χ3n) is 4.25. The number of aromatic nitrogens is 2. The third kappa shape index (κ3) is 3.42. The van der Waals surface area contributed by atoms with Crippen LogP contribution in [0, 0.1) is 5.82 Å². The van der Waals surface area contributed by atoms with Gasteiger partial charge in [-0.15, -0.1) is 0 Å². The van der Waals surface area contributed by atoms with Crippen LogP contribution in [0.15, 0.2) is 41.6 Å². The van der Waals surface area contributed by atoms with Crippen molar-refractivity contribution in [1.29, 1.82) is 0 Å². The van der Waals surface area contributed by atoms with Crippen molar-refractivity contribution in [2.45, 2.75) is 24.1 Å². The van der Waals surface area contributed by atoms with E-state index in [1.54, 1.807) is 18.9 Å². The molecule has 1 aromatic heterocycles. The van der Waals surface area contributed by atoms with E-state index in [-0.39, 0.29) is 12.6 Å². The molecule has 0 N–H and O–H groups in total. The molecule has 3 aromatic rings. The Morgan fingerprint density at radius 1 is 1.31 bits per heavy atom. The highest BCUT2D eigenvalue weighted by atomic mass is 32.2. The first-order valence-corrected chi connectivity index (χ1v) is 9.33. The van der Waals surface area contributed by atoms with Gasteiger partial charge in [0.05, 0.1) is 24.2 Å². The van der Waals surface area contributed by atoms with Crippen LogP contribution in [-0.4, -0.2) is 30.1 Å². The maximum atomic E-state index is 13.9. The van der Waals surface area contributed by atoms with E-state index in [1.165, 1.54) is 12.1 Å². The molecular weight excluding hydrogens is 355 g/mol. The van der Waals surface area contributed by atoms with Crippen molar-refractivity contribution in [2.24, 2.45) is 0 Å². The molecule has 0 bridgehead atoms. The van der Waals surface area contributed by atoms with Gasteiger partial charge >= 0.3 is 0 Å². The number of imidazole rings is 1. The van der Waals surface area contributed by atoms with Gasteiger partial charge in [0.25, 0.3) is 0 Å². The van der Waals surface area contributed by atoms with Gasteiger partial charge in [0, 0.05) is 30.5 Å². The summed E-state index contributed by atoms with van der Waals surface area (Å²) in [6.45, 7) is 1.88. The van der Waals surface area contributed by atoms with E-state index < -0.39 is 0 Å². The fraction of sp³-hybridized carbons (Fsp3) is 0.316. The zero-order chi connectivity index (χ0) is 17.9. The summed E-state index contributed by atoms with van der Waals surface area (Å²) in [6, 6.07) is 11.0. The molecule has 1 aliphatic rings. The molecule has 0 amide bonds. The molecule has 136 valence electrons. The fourth-order valence-electron chi connectivity index (χ4n) is 3.07. The SMILES string of the molecule is COCCn1c(SCc2cc(F)cc3c2OCOC3)nc2ccccc21. The van der Waals surface area contributed by atoms with E-state index in [9.17, 15) is 4.39 Å². The van der Waals surface area contributed by atoms with Crippen molar-refractivity contribution >= 4 is 22.8 Å². The van der Waals surface area contributed by atoms with Crippen molar-refractivity contribution in [2.75, 3.05) is 20.5 Å². The summed E-state index contributed by atoms with van der Waals surface area (Å²) in [5.41, 5.74) is 3.58. The van der Waals surface area contributed by atoms with E-state index in [0.717, 1.165) is 33.1 Å². The highest BCUT2D eigenvalue weighted by Crippen LogP contribution is 2.34. The van der Waals surface area contributed by atoms with Crippen LogP contribution in [0.4, 0.5) is 4.39 Å². The van der Waals surface area contributed by atoms with Crippen molar-refractivity contribution in [3.05, 3.63) is 53.3 Å². The molecule has 0 aliphatic carbocycles. The Labute approximate surface area is 155 Å². The first-order chi connectivity index (χ1) is 12.8. The monoisotopic (exact) mass is 374 g/mol. The second-order valence-electron chi connectivity index (χ2n) is 5.98. The van der Waals surface area contributed by atoms with Gasteiger partial charge in [-0.25, -0.2) is 9.37 Å². The number of benzene rings is 2. The minimum Gasteiger partial charge on any atom is -0.467 e. The second kappa shape index (κ2) is 7.65. The maximum Gasteiger partial charge on any atom is 0.189 e. The van der Waals surface area contributed by atoms with Gasteiger partial charge in [-0.1, -0.05) is 23.9 Å². The zero-order valence-electron chi connectivity index (χ0n) is 14.4. The number of fused-ring (bicyclic) bond motifs is 2. The lowest BCUT2D eigenvalue weighted by atomic mass is 10.1. The van der Waals surface area contributed by atoms with Crippen LogP contribution >= 0.6 is 11.8 Å². The van der Waals surface area contributed by atoms with Crippen molar-refractivity contribution in [3.8, 4) is 5.75 Å². The average Bonchev–Trinajstić information content (AvgIpc) is 3.01. The summed E-state index contributed by atoms with van der Waals surface area (Å²) >= 11 is 1.57. The number of thioether (sulfide) groups is 1. The Hall–Kier alpha value is -2.09. The topological polar surface area (TPSA) is 45.5 Å². The minimum absolute atomic E-state index is 0.197. The molecule has 4 rings (SSSR count). The van der Waals surface area contributed by atoms with E-state index >= 15 is 0 Å². The number of para-hydroxylation sites is 2. The summed E-state index contributed by atoms with van der Waals surface area (Å²) in [4.78, 5) is 4.73. The third-order valence-corrected chi connectivity index (χ3v) is 5.27. The summed E-state index contributed by atoms with van der Waals surface area (Å²) in [5, 5.41) is 0.883. The lowest BCUT2D eigenvalue weighted by Crippen LogP contribution is -2.13. The minimum atomic E-state index is -0.277. The van der Waals surface area contributed by atoms with Crippen LogP contribution in [0.1, 0.15) is 11.1 Å². The lowest BCUT2D eigenvalue weighted by molar-refractivity contribution is -0.0171. The van der Waals surface area contributed by atoms with Gasteiger partial charge in [0.2, 0.25) is 0 Å². The zero-order valence-corrected chi connectivity index (χ0v) is 15.2. The van der Waals surface area contributed by atoms with Gasteiger partial charge in [-0.3, -0.25) is 0 Å². The van der Waals surface area contributed by atoms with Crippen molar-refractivity contribution in [1.82, 2.24) is 9.55 Å². The second-order valence-corrected chi connectivity index (χ2v) is 6.92. The van der Waals surface area contributed by atoms with Crippen LogP contribution in [0.3, 0.4) is 0 Å². The molecule has 7 heteroatoms. The first-order valence-electron chi connectivity index (χ1n) is 8.35. The molecule has 5 nitrogen and oxygen atoms in total. The molecule has 0 saturated carbocycles. The van der Waals surface area contributed by atoms with E-state index in [4.69, 9.17) is 19.2 Å². The van der Waals surface area contributed by atoms with E-state index in [1.807, 2.05) is 24.3 Å². The number of hydrogen-bond donors (Lipinski definition) is 0. The van der Waals surface area contributed by atoms with Crippen LogP contribution < -0.4 is 4.74 Å². The van der Waals surface area contributed by atoms with Gasteiger partial charge in [-0.05, 0) is 24.3 Å². The fourth-order valence-corrected chi connectivity index (χ4v) is 4.08. The Kier molecular flexibility index (Phi) is 5.10. The predicted molar refractivity (Wildman–Crippen MR) is 97.9 cm³/mol. The van der Waals surface area contributed by atoms with Crippen molar-refractivity contribution in [3.63, 3.8) is 0 Å². The maximum absolute atomic E-state index is 13.9. The molecule has 0 spiro atoms. The van der Waals surface area contributed by atoms with Crippen molar-refractivity contribution < 1.29 is 18.6 Å². The molecule has 0 saturated heterocycles. The summed E-state index contributed by atoms with van der Waals surface area (Å²) < 4.78 is 32.2. The first kappa shape index (κ1) is 17.3. The highest BCUT2D eigenvalue weighted by molar-refractivity contribution is 7.98. The molecule has 0 radical (unpaired) electrons. The van der Waals surface area contributed by atoms with Gasteiger partial charge in [0.15, 0.2) is 11.9 Å². The molecule has 0 atom stereocenters. The molecular formula is C19H19FN2O3S. The number of rotatable bonds is 6. The normalized spacial score (nSPS) is 13.6. The Morgan fingerprint density at radius 3 is 3.08 bits per heavy atom. The summed E-state index contributed by atoms with van der Waals surface area (Å²) in [6.07, 6.45) is 0. The largest absolute Gasteiger partial charge is 0.467 e. The van der Waals surface area contributed by atoms with E-state index in [2.05, 4.69) is 4.57 Å². The molecule has 1 aliphatic heterocycles. The predicted octanol–water partition coefficient (Wildman–Crippen LogP) is 3.98. The van der Waals surface area contributed by atoms with Crippen LogP contribution in [-0.2, 0) is 28.4 Å². The Balaban J connectivity index is 1.63. The summed E-state index contributed by atoms with van der Waals surface area (Å²) in [7, 11) is 1.68. The molecule has 2 heterocycles. The van der Waals surface area contributed by atoms with Crippen LogP contribution in [0.25, 0.3) is 11.0 Å². The highest BCUT2D eigenvalue weighted by Gasteiger charge is 2.18. The Bertz CT molecular complexity index is 929. The standard InChI is InChI=1S/C19H19FN2O3S/c1-23-7-6-22-17-5-3-2-4-16(17)21-19(22)26-11-14-9-15(20)8-13-10-24-12-25-18(13)14/h2-5,8-9H,6-7,10-12H2,1H3. The molecule has 26 heavy (non-hydrogen) atoms. The Morgan fingerprint density at radius 2 is 2.19 bits per heavy atom.